The molecule has 0 aromatic heterocycles. The zero-order valence-electron chi connectivity index (χ0n) is 10.6. The van der Waals surface area contributed by atoms with Crippen LogP contribution in [0.15, 0.2) is 0 Å². The third-order valence-corrected chi connectivity index (χ3v) is 4.94. The number of nitrogens with one attached hydrogen (secondary N) is 1. The fourth-order valence-corrected chi connectivity index (χ4v) is 3.58. The Bertz CT molecular complexity index is 253. The third kappa shape index (κ3) is 3.37. The Morgan fingerprint density at radius 1 is 1.06 bits per heavy atom. The zero-order valence-corrected chi connectivity index (χ0v) is 11.4. The van der Waals surface area contributed by atoms with Gasteiger partial charge in [-0.1, -0.05) is 38.5 Å². The summed E-state index contributed by atoms with van der Waals surface area (Å²) in [6, 6.07) is 0. The Morgan fingerprint density at radius 2 is 1.65 bits per heavy atom. The van der Waals surface area contributed by atoms with E-state index in [2.05, 4.69) is 5.32 Å². The molecule has 0 spiro atoms. The summed E-state index contributed by atoms with van der Waals surface area (Å²) < 4.78 is 0. The summed E-state index contributed by atoms with van der Waals surface area (Å²) in [4.78, 5) is 12.3. The molecule has 0 radical (unpaired) electrons. The van der Waals surface area contributed by atoms with Gasteiger partial charge in [0.1, 0.15) is 0 Å². The average Bonchev–Trinajstić information content (AvgIpc) is 2.64. The predicted molar refractivity (Wildman–Crippen MR) is 71.3 cm³/mol. The maximum atomic E-state index is 12.3. The minimum absolute atomic E-state index is 0.0784. The van der Waals surface area contributed by atoms with E-state index >= 15 is 0 Å². The summed E-state index contributed by atoms with van der Waals surface area (Å²) in [5.74, 6) is 1.10. The maximum absolute atomic E-state index is 12.3. The molecule has 2 saturated carbocycles. The second-order valence-corrected chi connectivity index (χ2v) is 6.07. The predicted octanol–water partition coefficient (Wildman–Crippen LogP) is 3.62. The van der Waals surface area contributed by atoms with E-state index in [1.807, 2.05) is 0 Å². The lowest BCUT2D eigenvalue weighted by Gasteiger charge is -2.30. The number of hydrogen-bond donors (Lipinski definition) is 1. The van der Waals surface area contributed by atoms with E-state index in [4.69, 9.17) is 11.6 Å². The standard InChI is InChI=1S/C14H24ClNO/c15-11-14(9-5-6-10-14)16-13(17)12-7-3-1-2-4-8-12/h12H,1-11H2,(H,16,17). The minimum Gasteiger partial charge on any atom is -0.349 e. The van der Waals surface area contributed by atoms with Gasteiger partial charge in [0, 0.05) is 11.8 Å². The Kier molecular flexibility index (Phi) is 4.72. The highest BCUT2D eigenvalue weighted by atomic mass is 35.5. The highest BCUT2D eigenvalue weighted by molar-refractivity contribution is 6.18. The van der Waals surface area contributed by atoms with Crippen molar-refractivity contribution < 1.29 is 4.79 Å². The number of carbonyl (C=O) groups excluding carboxylic acids is 1. The molecule has 0 saturated heterocycles. The van der Waals surface area contributed by atoms with E-state index in [-0.39, 0.29) is 17.4 Å². The number of carbonyl (C=O) groups is 1. The van der Waals surface area contributed by atoms with Crippen molar-refractivity contribution in [3.8, 4) is 0 Å². The topological polar surface area (TPSA) is 29.1 Å². The molecule has 1 amide bonds. The van der Waals surface area contributed by atoms with Crippen LogP contribution in [0.25, 0.3) is 0 Å². The number of rotatable bonds is 3. The molecule has 2 aliphatic rings. The highest BCUT2D eigenvalue weighted by Crippen LogP contribution is 2.32. The van der Waals surface area contributed by atoms with Gasteiger partial charge in [-0.05, 0) is 25.7 Å². The third-order valence-electron chi connectivity index (χ3n) is 4.43. The van der Waals surface area contributed by atoms with E-state index < -0.39 is 0 Å². The first-order chi connectivity index (χ1) is 8.26. The molecule has 0 heterocycles. The van der Waals surface area contributed by atoms with Gasteiger partial charge in [-0.15, -0.1) is 11.6 Å². The molecule has 2 nitrogen and oxygen atoms in total. The Hall–Kier alpha value is -0.240. The molecule has 0 atom stereocenters. The molecule has 1 N–H and O–H groups in total. The molecule has 0 unspecified atom stereocenters. The van der Waals surface area contributed by atoms with Crippen LogP contribution in [0.5, 0.6) is 0 Å². The van der Waals surface area contributed by atoms with Crippen LogP contribution in [0.1, 0.15) is 64.2 Å². The van der Waals surface area contributed by atoms with Crippen molar-refractivity contribution in [1.82, 2.24) is 5.32 Å². The molecule has 2 fully saturated rings. The summed E-state index contributed by atoms with van der Waals surface area (Å²) in [5.41, 5.74) is -0.0784. The van der Waals surface area contributed by atoms with Crippen LogP contribution < -0.4 is 5.32 Å². The van der Waals surface area contributed by atoms with E-state index in [0.717, 1.165) is 25.7 Å². The monoisotopic (exact) mass is 257 g/mol. The Labute approximate surface area is 109 Å². The first-order valence-electron chi connectivity index (χ1n) is 7.14. The molecular weight excluding hydrogens is 234 g/mol. The smallest absolute Gasteiger partial charge is 0.223 e. The maximum Gasteiger partial charge on any atom is 0.223 e. The van der Waals surface area contributed by atoms with E-state index in [1.54, 1.807) is 0 Å². The van der Waals surface area contributed by atoms with Crippen molar-refractivity contribution in [3.05, 3.63) is 0 Å². The van der Waals surface area contributed by atoms with Gasteiger partial charge in [0.25, 0.3) is 0 Å². The largest absolute Gasteiger partial charge is 0.349 e. The lowest BCUT2D eigenvalue weighted by Crippen LogP contribution is -2.50. The SMILES string of the molecule is O=C(NC1(CCl)CCCC1)C1CCCCCC1. The highest BCUT2D eigenvalue weighted by Gasteiger charge is 2.36. The molecular formula is C14H24ClNO. The number of alkyl halides is 1. The van der Waals surface area contributed by atoms with Crippen LogP contribution in [-0.2, 0) is 4.79 Å². The lowest BCUT2D eigenvalue weighted by molar-refractivity contribution is -0.127. The second-order valence-electron chi connectivity index (χ2n) is 5.80. The first-order valence-corrected chi connectivity index (χ1v) is 7.67. The Balaban J connectivity index is 1.90. The van der Waals surface area contributed by atoms with Gasteiger partial charge in [-0.2, -0.15) is 0 Å². The summed E-state index contributed by atoms with van der Waals surface area (Å²) in [7, 11) is 0. The quantitative estimate of drug-likeness (QED) is 0.607. The van der Waals surface area contributed by atoms with Crippen LogP contribution in [-0.4, -0.2) is 17.3 Å². The van der Waals surface area contributed by atoms with Crippen LogP contribution in [0.3, 0.4) is 0 Å². The van der Waals surface area contributed by atoms with Crippen LogP contribution >= 0.6 is 11.6 Å². The molecule has 3 heteroatoms. The fraction of sp³-hybridized carbons (Fsp3) is 0.929. The fourth-order valence-electron chi connectivity index (χ4n) is 3.25. The van der Waals surface area contributed by atoms with Crippen molar-refractivity contribution >= 4 is 17.5 Å². The molecule has 0 aromatic rings. The lowest BCUT2D eigenvalue weighted by atomic mass is 9.95. The molecule has 0 bridgehead atoms. The molecule has 0 aromatic carbocycles. The summed E-state index contributed by atoms with van der Waals surface area (Å²) >= 11 is 6.07. The Morgan fingerprint density at radius 3 is 2.18 bits per heavy atom. The number of hydrogen-bond acceptors (Lipinski definition) is 1. The van der Waals surface area contributed by atoms with Crippen molar-refractivity contribution in [2.75, 3.05) is 5.88 Å². The first kappa shape index (κ1) is 13.2. The molecule has 2 aliphatic carbocycles. The van der Waals surface area contributed by atoms with E-state index in [0.29, 0.717) is 5.88 Å². The van der Waals surface area contributed by atoms with E-state index in [9.17, 15) is 4.79 Å². The van der Waals surface area contributed by atoms with Crippen LogP contribution in [0.4, 0.5) is 0 Å². The minimum atomic E-state index is -0.0784. The molecule has 98 valence electrons. The van der Waals surface area contributed by atoms with E-state index in [1.165, 1.54) is 38.5 Å². The van der Waals surface area contributed by atoms with Gasteiger partial charge in [0.05, 0.1) is 5.54 Å². The zero-order chi connectivity index (χ0) is 12.1. The average molecular weight is 258 g/mol. The second kappa shape index (κ2) is 6.08. The van der Waals surface area contributed by atoms with Gasteiger partial charge in [-0.25, -0.2) is 0 Å². The van der Waals surface area contributed by atoms with Crippen molar-refractivity contribution in [2.45, 2.75) is 69.7 Å². The van der Waals surface area contributed by atoms with Crippen LogP contribution in [0, 0.1) is 5.92 Å². The van der Waals surface area contributed by atoms with Gasteiger partial charge in [0.2, 0.25) is 5.91 Å². The molecule has 0 aliphatic heterocycles. The van der Waals surface area contributed by atoms with Gasteiger partial charge in [-0.3, -0.25) is 4.79 Å². The number of halogens is 1. The summed E-state index contributed by atoms with van der Waals surface area (Å²) in [5, 5.41) is 3.27. The van der Waals surface area contributed by atoms with Crippen molar-refractivity contribution in [1.29, 1.82) is 0 Å². The normalized spacial score (nSPS) is 25.5. The van der Waals surface area contributed by atoms with Gasteiger partial charge in [0.15, 0.2) is 0 Å². The molecule has 17 heavy (non-hydrogen) atoms. The van der Waals surface area contributed by atoms with Gasteiger partial charge < -0.3 is 5.32 Å². The van der Waals surface area contributed by atoms with Crippen molar-refractivity contribution in [3.63, 3.8) is 0 Å². The summed E-state index contributed by atoms with van der Waals surface area (Å²) in [6.45, 7) is 0. The van der Waals surface area contributed by atoms with Gasteiger partial charge >= 0.3 is 0 Å². The van der Waals surface area contributed by atoms with Crippen molar-refractivity contribution in [2.24, 2.45) is 5.92 Å². The van der Waals surface area contributed by atoms with Crippen LogP contribution in [0.2, 0.25) is 0 Å². The summed E-state index contributed by atoms with van der Waals surface area (Å²) in [6.07, 6.45) is 11.7. The molecule has 2 rings (SSSR count). The number of amides is 1.